The molecule has 2 aromatic rings. The lowest BCUT2D eigenvalue weighted by molar-refractivity contribution is -0.125. The van der Waals surface area contributed by atoms with Gasteiger partial charge in [-0.15, -0.1) is 0 Å². The van der Waals surface area contributed by atoms with Gasteiger partial charge in [-0.1, -0.05) is 29.8 Å². The Kier molecular flexibility index (Phi) is 5.18. The van der Waals surface area contributed by atoms with Crippen molar-refractivity contribution in [2.24, 2.45) is 0 Å². The van der Waals surface area contributed by atoms with Crippen LogP contribution in [-0.4, -0.2) is 38.1 Å². The van der Waals surface area contributed by atoms with Gasteiger partial charge in [-0.3, -0.25) is 14.5 Å². The quantitative estimate of drug-likeness (QED) is 0.816. The third-order valence-corrected chi connectivity index (χ3v) is 3.82. The second kappa shape index (κ2) is 7.70. The average molecular weight is 340 g/mol. The third kappa shape index (κ3) is 4.29. The Morgan fingerprint density at radius 2 is 1.96 bits per heavy atom. The minimum Gasteiger partial charge on any atom is -0.492 e. The van der Waals surface area contributed by atoms with Crippen LogP contribution in [0.1, 0.15) is 5.56 Å². The molecule has 3 rings (SSSR count). The number of rotatable bonds is 6. The van der Waals surface area contributed by atoms with Crippen molar-refractivity contribution in [1.29, 1.82) is 0 Å². The molecular formula is C19H20N2O4. The fourth-order valence-corrected chi connectivity index (χ4v) is 2.52. The number of amides is 2. The van der Waals surface area contributed by atoms with E-state index in [2.05, 4.69) is 5.32 Å². The number of aryl methyl sites for hydroxylation is 1. The molecule has 2 amide bonds. The van der Waals surface area contributed by atoms with Crippen LogP contribution in [0, 0.1) is 6.92 Å². The number of nitrogens with zero attached hydrogens (tertiary/aromatic N) is 1. The number of fused-ring (bicyclic) bond motifs is 1. The normalized spacial score (nSPS) is 13.0. The molecule has 1 heterocycles. The van der Waals surface area contributed by atoms with Gasteiger partial charge in [0, 0.05) is 0 Å². The summed E-state index contributed by atoms with van der Waals surface area (Å²) in [6.45, 7) is 2.65. The number of hydrogen-bond acceptors (Lipinski definition) is 4. The van der Waals surface area contributed by atoms with Crippen LogP contribution in [0.25, 0.3) is 0 Å². The Morgan fingerprint density at radius 3 is 2.76 bits per heavy atom. The van der Waals surface area contributed by atoms with Crippen LogP contribution in [0.15, 0.2) is 48.5 Å². The summed E-state index contributed by atoms with van der Waals surface area (Å²) in [5.74, 6) is 0.900. The maximum atomic E-state index is 12.1. The van der Waals surface area contributed by atoms with Crippen LogP contribution in [-0.2, 0) is 9.59 Å². The predicted molar refractivity (Wildman–Crippen MR) is 94.0 cm³/mol. The summed E-state index contributed by atoms with van der Waals surface area (Å²) in [7, 11) is 0. The summed E-state index contributed by atoms with van der Waals surface area (Å²) in [5, 5.41) is 2.76. The fourth-order valence-electron chi connectivity index (χ4n) is 2.52. The average Bonchev–Trinajstić information content (AvgIpc) is 2.63. The van der Waals surface area contributed by atoms with Crippen molar-refractivity contribution in [3.05, 3.63) is 54.1 Å². The lowest BCUT2D eigenvalue weighted by atomic mass is 10.2. The molecule has 6 heteroatoms. The highest BCUT2D eigenvalue weighted by atomic mass is 16.5. The molecule has 0 spiro atoms. The number of nitrogens with one attached hydrogen (secondary N) is 1. The van der Waals surface area contributed by atoms with Crippen molar-refractivity contribution in [1.82, 2.24) is 5.32 Å². The second-order valence-electron chi connectivity index (χ2n) is 5.75. The molecule has 1 aliphatic heterocycles. The zero-order valence-corrected chi connectivity index (χ0v) is 14.0. The number of carbonyl (C=O) groups excluding carboxylic acids is 2. The summed E-state index contributed by atoms with van der Waals surface area (Å²) in [6.07, 6.45) is 0. The van der Waals surface area contributed by atoms with Crippen molar-refractivity contribution in [2.45, 2.75) is 6.92 Å². The van der Waals surface area contributed by atoms with Crippen molar-refractivity contribution in [3.63, 3.8) is 0 Å². The lowest BCUT2D eigenvalue weighted by Crippen LogP contribution is -2.45. The van der Waals surface area contributed by atoms with E-state index in [1.807, 2.05) is 37.3 Å². The van der Waals surface area contributed by atoms with Crippen LogP contribution in [0.2, 0.25) is 0 Å². The van der Waals surface area contributed by atoms with E-state index in [4.69, 9.17) is 9.47 Å². The molecule has 130 valence electrons. The summed E-state index contributed by atoms with van der Waals surface area (Å²) in [5.41, 5.74) is 1.78. The van der Waals surface area contributed by atoms with E-state index in [0.29, 0.717) is 24.6 Å². The van der Waals surface area contributed by atoms with Crippen LogP contribution in [0.4, 0.5) is 5.69 Å². The summed E-state index contributed by atoms with van der Waals surface area (Å²) in [4.78, 5) is 25.6. The number of para-hydroxylation sites is 2. The predicted octanol–water partition coefficient (Wildman–Crippen LogP) is 1.92. The van der Waals surface area contributed by atoms with Gasteiger partial charge in [0.2, 0.25) is 5.91 Å². The first kappa shape index (κ1) is 16.8. The van der Waals surface area contributed by atoms with Crippen molar-refractivity contribution < 1.29 is 19.1 Å². The minimum absolute atomic E-state index is 0.0380. The van der Waals surface area contributed by atoms with Gasteiger partial charge < -0.3 is 14.8 Å². The Hall–Kier alpha value is -3.02. The SMILES string of the molecule is Cc1ccc(OCCNC(=O)CN2C(=O)COc3ccccc32)cc1. The van der Waals surface area contributed by atoms with Gasteiger partial charge in [-0.25, -0.2) is 0 Å². The van der Waals surface area contributed by atoms with E-state index < -0.39 is 0 Å². The van der Waals surface area contributed by atoms with Crippen LogP contribution < -0.4 is 19.7 Å². The number of carbonyl (C=O) groups is 2. The Morgan fingerprint density at radius 1 is 1.20 bits per heavy atom. The van der Waals surface area contributed by atoms with Crippen LogP contribution >= 0.6 is 0 Å². The molecule has 6 nitrogen and oxygen atoms in total. The number of ether oxygens (including phenoxy) is 2. The molecule has 0 aliphatic carbocycles. The van der Waals surface area contributed by atoms with Gasteiger partial charge in [0.25, 0.3) is 5.91 Å². The minimum atomic E-state index is -0.238. The van der Waals surface area contributed by atoms with E-state index in [9.17, 15) is 9.59 Å². The molecule has 0 radical (unpaired) electrons. The molecule has 0 saturated carbocycles. The van der Waals surface area contributed by atoms with E-state index in [0.717, 1.165) is 11.3 Å². The summed E-state index contributed by atoms with van der Waals surface area (Å²) < 4.78 is 10.9. The van der Waals surface area contributed by atoms with Crippen molar-refractivity contribution >= 4 is 17.5 Å². The highest BCUT2D eigenvalue weighted by Crippen LogP contribution is 2.31. The molecule has 0 unspecified atom stereocenters. The molecule has 1 aliphatic rings. The zero-order chi connectivity index (χ0) is 17.6. The van der Waals surface area contributed by atoms with Gasteiger partial charge in [-0.2, -0.15) is 0 Å². The molecule has 1 N–H and O–H groups in total. The topological polar surface area (TPSA) is 67.9 Å². The first-order valence-electron chi connectivity index (χ1n) is 8.12. The molecule has 2 aromatic carbocycles. The Balaban J connectivity index is 1.48. The molecule has 0 fully saturated rings. The van der Waals surface area contributed by atoms with E-state index in [1.54, 1.807) is 18.2 Å². The van der Waals surface area contributed by atoms with Gasteiger partial charge in [0.15, 0.2) is 6.61 Å². The van der Waals surface area contributed by atoms with E-state index in [-0.39, 0.29) is 25.0 Å². The monoisotopic (exact) mass is 340 g/mol. The van der Waals surface area contributed by atoms with E-state index in [1.165, 1.54) is 4.90 Å². The lowest BCUT2D eigenvalue weighted by Gasteiger charge is -2.28. The molecule has 0 aromatic heterocycles. The zero-order valence-electron chi connectivity index (χ0n) is 14.0. The van der Waals surface area contributed by atoms with Gasteiger partial charge >= 0.3 is 0 Å². The third-order valence-electron chi connectivity index (χ3n) is 3.82. The fraction of sp³-hybridized carbons (Fsp3) is 0.263. The Labute approximate surface area is 146 Å². The van der Waals surface area contributed by atoms with Crippen molar-refractivity contribution in [2.75, 3.05) is 31.2 Å². The molecule has 25 heavy (non-hydrogen) atoms. The molecular weight excluding hydrogens is 320 g/mol. The number of benzene rings is 2. The summed E-state index contributed by atoms with van der Waals surface area (Å²) in [6, 6.07) is 14.9. The first-order chi connectivity index (χ1) is 12.1. The van der Waals surface area contributed by atoms with Gasteiger partial charge in [0.05, 0.1) is 12.2 Å². The first-order valence-corrected chi connectivity index (χ1v) is 8.12. The highest BCUT2D eigenvalue weighted by Gasteiger charge is 2.26. The maximum absolute atomic E-state index is 12.1. The van der Waals surface area contributed by atoms with E-state index >= 15 is 0 Å². The number of hydrogen-bond donors (Lipinski definition) is 1. The van der Waals surface area contributed by atoms with Gasteiger partial charge in [0.1, 0.15) is 24.7 Å². The van der Waals surface area contributed by atoms with Gasteiger partial charge in [-0.05, 0) is 31.2 Å². The molecule has 0 atom stereocenters. The molecule has 0 saturated heterocycles. The highest BCUT2D eigenvalue weighted by molar-refractivity contribution is 6.02. The second-order valence-corrected chi connectivity index (χ2v) is 5.75. The standard InChI is InChI=1S/C19H20N2O4/c1-14-6-8-15(9-7-14)24-11-10-20-18(22)12-21-16-4-2-3-5-17(16)25-13-19(21)23/h2-9H,10-13H2,1H3,(H,20,22). The maximum Gasteiger partial charge on any atom is 0.265 e. The van der Waals surface area contributed by atoms with Crippen molar-refractivity contribution in [3.8, 4) is 11.5 Å². The largest absolute Gasteiger partial charge is 0.492 e. The molecule has 0 bridgehead atoms. The number of anilines is 1. The Bertz CT molecular complexity index is 758. The summed E-state index contributed by atoms with van der Waals surface area (Å²) >= 11 is 0. The smallest absolute Gasteiger partial charge is 0.265 e. The van der Waals surface area contributed by atoms with Crippen LogP contribution in [0.3, 0.4) is 0 Å². The van der Waals surface area contributed by atoms with Crippen LogP contribution in [0.5, 0.6) is 11.5 Å².